The molecule has 1 fully saturated rings. The lowest BCUT2D eigenvalue weighted by Crippen LogP contribution is -2.53. The summed E-state index contributed by atoms with van der Waals surface area (Å²) in [5.74, 6) is -0.316. The quantitative estimate of drug-likeness (QED) is 0.517. The molecule has 0 unspecified atom stereocenters. The lowest BCUT2D eigenvalue weighted by molar-refractivity contribution is 0.0234. The van der Waals surface area contributed by atoms with E-state index in [1.54, 1.807) is 29.5 Å². The van der Waals surface area contributed by atoms with Crippen LogP contribution in [0.2, 0.25) is 0 Å². The van der Waals surface area contributed by atoms with Crippen LogP contribution in [0.5, 0.6) is 0 Å². The molecule has 2 aromatic heterocycles. The summed E-state index contributed by atoms with van der Waals surface area (Å²) in [7, 11) is 0. The van der Waals surface area contributed by atoms with Gasteiger partial charge in [0, 0.05) is 0 Å². The Morgan fingerprint density at radius 1 is 1.08 bits per heavy atom. The summed E-state index contributed by atoms with van der Waals surface area (Å²) in [4.78, 5) is 19.1. The van der Waals surface area contributed by atoms with Crippen LogP contribution in [-0.2, 0) is 4.74 Å². The number of nitrogens with zero attached hydrogens (tertiary/aromatic N) is 4. The minimum atomic E-state index is -0.316. The minimum absolute atomic E-state index is 0.108. The van der Waals surface area contributed by atoms with Gasteiger partial charge >= 0.3 is 5.97 Å². The summed E-state index contributed by atoms with van der Waals surface area (Å²) in [5.41, 5.74) is 3.04. The number of esters is 1. The van der Waals surface area contributed by atoms with E-state index in [1.165, 1.54) is 4.70 Å². The van der Waals surface area contributed by atoms with Crippen molar-refractivity contribution < 1.29 is 9.53 Å². The number of rotatable bonds is 3. The van der Waals surface area contributed by atoms with Crippen molar-refractivity contribution in [3.63, 3.8) is 0 Å². The zero-order chi connectivity index (χ0) is 16.8. The first-order chi connectivity index (χ1) is 12.3. The Hall–Kier alpha value is -2.58. The second kappa shape index (κ2) is 5.75. The van der Waals surface area contributed by atoms with Gasteiger partial charge in [0.05, 0.1) is 40.6 Å². The molecular weight excluding hydrogens is 356 g/mol. The number of ether oxygens (including phenoxy) is 1. The molecule has 2 aromatic carbocycles. The molecule has 25 heavy (non-hydrogen) atoms. The van der Waals surface area contributed by atoms with Crippen molar-refractivity contribution in [2.75, 3.05) is 18.0 Å². The van der Waals surface area contributed by atoms with Crippen LogP contribution in [-0.4, -0.2) is 38.9 Å². The lowest BCUT2D eigenvalue weighted by Gasteiger charge is -2.38. The monoisotopic (exact) mass is 368 g/mol. The molecule has 0 spiro atoms. The fourth-order valence-electron chi connectivity index (χ4n) is 2.79. The molecule has 5 rings (SSSR count). The number of carbonyl (C=O) groups is 1. The van der Waals surface area contributed by atoms with E-state index in [4.69, 9.17) is 4.74 Å². The molecule has 0 bridgehead atoms. The third kappa shape index (κ3) is 2.63. The van der Waals surface area contributed by atoms with Gasteiger partial charge in [0.15, 0.2) is 5.13 Å². The highest BCUT2D eigenvalue weighted by Crippen LogP contribution is 2.32. The third-order valence-electron chi connectivity index (χ3n) is 4.16. The van der Waals surface area contributed by atoms with Crippen LogP contribution in [0.15, 0.2) is 42.5 Å². The summed E-state index contributed by atoms with van der Waals surface area (Å²) >= 11 is 2.80. The molecule has 8 heteroatoms. The van der Waals surface area contributed by atoms with E-state index in [0.29, 0.717) is 18.7 Å². The molecule has 0 atom stereocenters. The van der Waals surface area contributed by atoms with Crippen molar-refractivity contribution >= 4 is 55.4 Å². The van der Waals surface area contributed by atoms with Crippen LogP contribution in [0.1, 0.15) is 10.4 Å². The number of para-hydroxylation sites is 1. The molecular formula is C17H12N4O2S2. The standard InChI is InChI=1S/C17H12N4O2S2/c22-16(10-5-6-12-14(7-10)20-25-19-12)23-11-8-21(9-11)17-18-13-3-1-2-4-15(13)24-17/h1-7,11H,8-9H2. The second-order valence-electron chi connectivity index (χ2n) is 5.86. The maximum atomic E-state index is 12.3. The van der Waals surface area contributed by atoms with E-state index in [2.05, 4.69) is 24.7 Å². The van der Waals surface area contributed by atoms with Gasteiger partial charge in [-0.15, -0.1) is 0 Å². The second-order valence-corrected chi connectivity index (χ2v) is 7.40. The molecule has 0 radical (unpaired) electrons. The highest BCUT2D eigenvalue weighted by Gasteiger charge is 2.32. The summed E-state index contributed by atoms with van der Waals surface area (Å²) in [6.07, 6.45) is -0.108. The Bertz CT molecular complexity index is 1050. The SMILES string of the molecule is O=C(OC1CN(c2nc3ccccc3s2)C1)c1ccc2nsnc2c1. The summed E-state index contributed by atoms with van der Waals surface area (Å²) in [5, 5.41) is 0.975. The minimum Gasteiger partial charge on any atom is -0.455 e. The normalized spacial score (nSPS) is 14.8. The van der Waals surface area contributed by atoms with E-state index in [1.807, 2.05) is 18.2 Å². The average molecular weight is 368 g/mol. The predicted octanol–water partition coefficient (Wildman–Crippen LogP) is 3.35. The number of aromatic nitrogens is 3. The smallest absolute Gasteiger partial charge is 0.338 e. The number of anilines is 1. The van der Waals surface area contributed by atoms with Crippen LogP contribution in [0.4, 0.5) is 5.13 Å². The molecule has 0 saturated carbocycles. The highest BCUT2D eigenvalue weighted by molar-refractivity contribution is 7.22. The van der Waals surface area contributed by atoms with Gasteiger partial charge in [-0.05, 0) is 30.3 Å². The Morgan fingerprint density at radius 3 is 2.80 bits per heavy atom. The predicted molar refractivity (Wildman–Crippen MR) is 98.5 cm³/mol. The van der Waals surface area contributed by atoms with Crippen molar-refractivity contribution in [3.8, 4) is 0 Å². The van der Waals surface area contributed by atoms with Crippen LogP contribution >= 0.6 is 23.1 Å². The zero-order valence-corrected chi connectivity index (χ0v) is 14.6. The van der Waals surface area contributed by atoms with Gasteiger partial charge in [0.1, 0.15) is 17.1 Å². The topological polar surface area (TPSA) is 68.2 Å². The number of hydrogen-bond acceptors (Lipinski definition) is 8. The molecule has 0 amide bonds. The third-order valence-corrected chi connectivity index (χ3v) is 5.82. The fraction of sp³-hybridized carbons (Fsp3) is 0.176. The van der Waals surface area contributed by atoms with Crippen LogP contribution in [0.25, 0.3) is 21.3 Å². The van der Waals surface area contributed by atoms with Crippen molar-refractivity contribution in [1.29, 1.82) is 0 Å². The maximum absolute atomic E-state index is 12.3. The van der Waals surface area contributed by atoms with Crippen molar-refractivity contribution in [3.05, 3.63) is 48.0 Å². The van der Waals surface area contributed by atoms with Gasteiger partial charge in [-0.3, -0.25) is 0 Å². The van der Waals surface area contributed by atoms with E-state index < -0.39 is 0 Å². The Morgan fingerprint density at radius 2 is 1.92 bits per heavy atom. The Kier molecular flexibility index (Phi) is 3.39. The fourth-order valence-corrected chi connectivity index (χ4v) is 4.29. The first-order valence-corrected chi connectivity index (χ1v) is 9.35. The van der Waals surface area contributed by atoms with Gasteiger partial charge in [0.2, 0.25) is 0 Å². The molecule has 1 aliphatic rings. The number of benzene rings is 2. The van der Waals surface area contributed by atoms with Crippen LogP contribution in [0, 0.1) is 0 Å². The zero-order valence-electron chi connectivity index (χ0n) is 13.0. The molecule has 1 saturated heterocycles. The van der Waals surface area contributed by atoms with Gasteiger partial charge < -0.3 is 9.64 Å². The molecule has 4 aromatic rings. The van der Waals surface area contributed by atoms with E-state index >= 15 is 0 Å². The van der Waals surface area contributed by atoms with Crippen molar-refractivity contribution in [2.45, 2.75) is 6.10 Å². The van der Waals surface area contributed by atoms with Crippen molar-refractivity contribution in [1.82, 2.24) is 13.7 Å². The maximum Gasteiger partial charge on any atom is 0.338 e. The number of fused-ring (bicyclic) bond motifs is 2. The van der Waals surface area contributed by atoms with Gasteiger partial charge in [-0.2, -0.15) is 8.75 Å². The largest absolute Gasteiger partial charge is 0.455 e. The summed E-state index contributed by atoms with van der Waals surface area (Å²) in [6, 6.07) is 13.3. The first kappa shape index (κ1) is 14.7. The number of carbonyl (C=O) groups excluding carboxylic acids is 1. The van der Waals surface area contributed by atoms with Gasteiger partial charge in [0.25, 0.3) is 0 Å². The molecule has 0 N–H and O–H groups in total. The lowest BCUT2D eigenvalue weighted by atomic mass is 10.1. The first-order valence-electron chi connectivity index (χ1n) is 7.80. The molecule has 0 aliphatic carbocycles. The molecule has 6 nitrogen and oxygen atoms in total. The average Bonchev–Trinajstić information content (AvgIpc) is 3.22. The van der Waals surface area contributed by atoms with Crippen molar-refractivity contribution in [2.24, 2.45) is 0 Å². The van der Waals surface area contributed by atoms with Crippen LogP contribution in [0.3, 0.4) is 0 Å². The molecule has 3 heterocycles. The van der Waals surface area contributed by atoms with E-state index in [0.717, 1.165) is 33.4 Å². The molecule has 1 aliphatic heterocycles. The number of thiazole rings is 1. The summed E-state index contributed by atoms with van der Waals surface area (Å²) in [6.45, 7) is 1.35. The van der Waals surface area contributed by atoms with E-state index in [-0.39, 0.29) is 12.1 Å². The van der Waals surface area contributed by atoms with Gasteiger partial charge in [-0.1, -0.05) is 23.5 Å². The molecule has 124 valence electrons. The van der Waals surface area contributed by atoms with Crippen LogP contribution < -0.4 is 4.90 Å². The summed E-state index contributed by atoms with van der Waals surface area (Å²) < 4.78 is 15.0. The Labute approximate surface area is 151 Å². The van der Waals surface area contributed by atoms with Gasteiger partial charge in [-0.25, -0.2) is 9.78 Å². The van der Waals surface area contributed by atoms with E-state index in [9.17, 15) is 4.79 Å². The number of hydrogen-bond donors (Lipinski definition) is 0. The highest BCUT2D eigenvalue weighted by atomic mass is 32.1. The Balaban J connectivity index is 1.25.